The first kappa shape index (κ1) is 16.9. The molecule has 25 heavy (non-hydrogen) atoms. The molecule has 2 aromatic carbocycles. The highest BCUT2D eigenvalue weighted by Gasteiger charge is 2.15. The minimum absolute atomic E-state index is 0.0527. The number of benzene rings is 2. The first-order valence-corrected chi connectivity index (χ1v) is 8.13. The standard InChI is InChI=1S/C20H19FN2O2/c1-3-25-20(24)12-19-22-18(15-6-4-14(2)5-7-15)13-23(19)17-10-8-16(21)9-11-17/h4-11,13H,3,12H2,1-2H3. The number of aryl methyl sites for hydroxylation is 1. The highest BCUT2D eigenvalue weighted by atomic mass is 19.1. The Bertz CT molecular complexity index is 868. The summed E-state index contributed by atoms with van der Waals surface area (Å²) in [4.78, 5) is 16.5. The number of ether oxygens (including phenoxy) is 1. The summed E-state index contributed by atoms with van der Waals surface area (Å²) in [5.74, 6) is -0.0953. The fourth-order valence-electron chi connectivity index (χ4n) is 2.57. The van der Waals surface area contributed by atoms with Gasteiger partial charge in [-0.05, 0) is 38.1 Å². The van der Waals surface area contributed by atoms with Crippen LogP contribution in [0, 0.1) is 12.7 Å². The van der Waals surface area contributed by atoms with Gasteiger partial charge in [0.15, 0.2) is 0 Å². The SMILES string of the molecule is CCOC(=O)Cc1nc(-c2ccc(C)cc2)cn1-c1ccc(F)cc1. The van der Waals surface area contributed by atoms with Crippen molar-refractivity contribution in [2.24, 2.45) is 0 Å². The van der Waals surface area contributed by atoms with Gasteiger partial charge in [0, 0.05) is 17.4 Å². The summed E-state index contributed by atoms with van der Waals surface area (Å²) < 4.78 is 20.1. The van der Waals surface area contributed by atoms with E-state index in [0.29, 0.717) is 12.4 Å². The zero-order valence-electron chi connectivity index (χ0n) is 14.2. The molecular weight excluding hydrogens is 319 g/mol. The number of imidazole rings is 1. The first-order chi connectivity index (χ1) is 12.1. The van der Waals surface area contributed by atoms with Gasteiger partial charge in [0.1, 0.15) is 18.1 Å². The molecule has 3 aromatic rings. The molecule has 1 heterocycles. The highest BCUT2D eigenvalue weighted by molar-refractivity contribution is 5.72. The monoisotopic (exact) mass is 338 g/mol. The average Bonchev–Trinajstić information content (AvgIpc) is 3.00. The molecule has 128 valence electrons. The summed E-state index contributed by atoms with van der Waals surface area (Å²) in [5.41, 5.74) is 3.61. The van der Waals surface area contributed by atoms with Crippen LogP contribution in [0.3, 0.4) is 0 Å². The molecule has 0 spiro atoms. The highest BCUT2D eigenvalue weighted by Crippen LogP contribution is 2.23. The molecular formula is C20H19FN2O2. The molecule has 0 aliphatic rings. The minimum Gasteiger partial charge on any atom is -0.466 e. The van der Waals surface area contributed by atoms with Gasteiger partial charge in [-0.2, -0.15) is 0 Å². The van der Waals surface area contributed by atoms with Gasteiger partial charge in [-0.1, -0.05) is 29.8 Å². The van der Waals surface area contributed by atoms with Gasteiger partial charge in [0.2, 0.25) is 0 Å². The summed E-state index contributed by atoms with van der Waals surface area (Å²) >= 11 is 0. The maximum absolute atomic E-state index is 13.2. The van der Waals surface area contributed by atoms with Crippen molar-refractivity contribution >= 4 is 5.97 Å². The lowest BCUT2D eigenvalue weighted by molar-refractivity contribution is -0.142. The van der Waals surface area contributed by atoms with Crippen molar-refractivity contribution in [3.05, 3.63) is 71.9 Å². The quantitative estimate of drug-likeness (QED) is 0.658. The number of carbonyl (C=O) groups is 1. The Hall–Kier alpha value is -2.95. The molecule has 0 aliphatic heterocycles. The molecule has 0 unspecified atom stereocenters. The molecule has 5 heteroatoms. The molecule has 3 rings (SSSR count). The van der Waals surface area contributed by atoms with E-state index in [-0.39, 0.29) is 18.2 Å². The summed E-state index contributed by atoms with van der Waals surface area (Å²) in [7, 11) is 0. The molecule has 4 nitrogen and oxygen atoms in total. The van der Waals surface area contributed by atoms with Crippen LogP contribution in [-0.2, 0) is 16.0 Å². The Morgan fingerprint density at radius 1 is 1.12 bits per heavy atom. The summed E-state index contributed by atoms with van der Waals surface area (Å²) in [6, 6.07) is 14.1. The maximum Gasteiger partial charge on any atom is 0.313 e. The third-order valence-electron chi connectivity index (χ3n) is 3.84. The van der Waals surface area contributed by atoms with Crippen molar-refractivity contribution in [1.82, 2.24) is 9.55 Å². The van der Waals surface area contributed by atoms with Crippen LogP contribution < -0.4 is 0 Å². The Morgan fingerprint density at radius 3 is 2.44 bits per heavy atom. The van der Waals surface area contributed by atoms with Crippen molar-refractivity contribution in [3.8, 4) is 16.9 Å². The Balaban J connectivity index is 2.02. The zero-order valence-corrected chi connectivity index (χ0v) is 14.2. The molecule has 0 radical (unpaired) electrons. The third-order valence-corrected chi connectivity index (χ3v) is 3.84. The Labute approximate surface area is 145 Å². The fourth-order valence-corrected chi connectivity index (χ4v) is 2.57. The molecule has 0 atom stereocenters. The molecule has 0 aliphatic carbocycles. The lowest BCUT2D eigenvalue weighted by Crippen LogP contribution is -2.11. The number of rotatable bonds is 5. The topological polar surface area (TPSA) is 44.1 Å². The summed E-state index contributed by atoms with van der Waals surface area (Å²) in [6.45, 7) is 4.11. The second-order valence-corrected chi connectivity index (χ2v) is 5.74. The van der Waals surface area contributed by atoms with Crippen molar-refractivity contribution in [2.45, 2.75) is 20.3 Å². The molecule has 0 bridgehead atoms. The predicted octanol–water partition coefficient (Wildman–Crippen LogP) is 4.09. The second kappa shape index (κ2) is 7.30. The van der Waals surface area contributed by atoms with Crippen LogP contribution in [0.25, 0.3) is 16.9 Å². The molecule has 0 saturated carbocycles. The van der Waals surface area contributed by atoms with Crippen LogP contribution in [0.1, 0.15) is 18.3 Å². The van der Waals surface area contributed by atoms with E-state index in [2.05, 4.69) is 4.98 Å². The Kier molecular flexibility index (Phi) is 4.93. The zero-order chi connectivity index (χ0) is 17.8. The number of nitrogens with zero attached hydrogens (tertiary/aromatic N) is 2. The van der Waals surface area contributed by atoms with E-state index in [4.69, 9.17) is 4.74 Å². The normalized spacial score (nSPS) is 10.7. The number of carbonyl (C=O) groups excluding carboxylic acids is 1. The number of hydrogen-bond acceptors (Lipinski definition) is 3. The predicted molar refractivity (Wildman–Crippen MR) is 94.0 cm³/mol. The van der Waals surface area contributed by atoms with Gasteiger partial charge in [-0.15, -0.1) is 0 Å². The van der Waals surface area contributed by atoms with Crippen LogP contribution in [0.5, 0.6) is 0 Å². The van der Waals surface area contributed by atoms with Crippen LogP contribution in [0.15, 0.2) is 54.7 Å². The maximum atomic E-state index is 13.2. The number of esters is 1. The van der Waals surface area contributed by atoms with E-state index < -0.39 is 0 Å². The lowest BCUT2D eigenvalue weighted by Gasteiger charge is -2.07. The van der Waals surface area contributed by atoms with Gasteiger partial charge in [0.05, 0.1) is 12.3 Å². The lowest BCUT2D eigenvalue weighted by atomic mass is 10.1. The van der Waals surface area contributed by atoms with Crippen LogP contribution in [-0.4, -0.2) is 22.1 Å². The summed E-state index contributed by atoms with van der Waals surface area (Å²) in [5, 5.41) is 0. The van der Waals surface area contributed by atoms with Crippen LogP contribution in [0.2, 0.25) is 0 Å². The smallest absolute Gasteiger partial charge is 0.313 e. The minimum atomic E-state index is -0.341. The van der Waals surface area contributed by atoms with E-state index >= 15 is 0 Å². The first-order valence-electron chi connectivity index (χ1n) is 8.13. The van der Waals surface area contributed by atoms with E-state index in [1.165, 1.54) is 12.1 Å². The molecule has 0 saturated heterocycles. The van der Waals surface area contributed by atoms with Gasteiger partial charge < -0.3 is 9.30 Å². The van der Waals surface area contributed by atoms with Gasteiger partial charge in [0.25, 0.3) is 0 Å². The number of hydrogen-bond donors (Lipinski definition) is 0. The van der Waals surface area contributed by atoms with Crippen LogP contribution in [0.4, 0.5) is 4.39 Å². The van der Waals surface area contributed by atoms with Crippen molar-refractivity contribution < 1.29 is 13.9 Å². The average molecular weight is 338 g/mol. The van der Waals surface area contributed by atoms with Gasteiger partial charge >= 0.3 is 5.97 Å². The fraction of sp³-hybridized carbons (Fsp3) is 0.200. The molecule has 0 amide bonds. The van der Waals surface area contributed by atoms with Gasteiger partial charge in [-0.3, -0.25) is 4.79 Å². The van der Waals surface area contributed by atoms with E-state index in [1.54, 1.807) is 23.6 Å². The third kappa shape index (κ3) is 3.94. The van der Waals surface area contributed by atoms with Crippen molar-refractivity contribution in [2.75, 3.05) is 6.61 Å². The Morgan fingerprint density at radius 2 is 1.80 bits per heavy atom. The van der Waals surface area contributed by atoms with Crippen LogP contribution >= 0.6 is 0 Å². The largest absolute Gasteiger partial charge is 0.466 e. The molecule has 0 N–H and O–H groups in total. The van der Waals surface area contributed by atoms with E-state index in [1.807, 2.05) is 37.4 Å². The molecule has 1 aromatic heterocycles. The van der Waals surface area contributed by atoms with E-state index in [0.717, 1.165) is 22.5 Å². The summed E-state index contributed by atoms with van der Waals surface area (Å²) in [6.07, 6.45) is 1.91. The number of aromatic nitrogens is 2. The van der Waals surface area contributed by atoms with E-state index in [9.17, 15) is 9.18 Å². The van der Waals surface area contributed by atoms with Crippen molar-refractivity contribution in [3.63, 3.8) is 0 Å². The second-order valence-electron chi connectivity index (χ2n) is 5.74. The van der Waals surface area contributed by atoms with Crippen molar-refractivity contribution in [1.29, 1.82) is 0 Å². The number of halogens is 1. The van der Waals surface area contributed by atoms with Gasteiger partial charge in [-0.25, -0.2) is 9.37 Å². The molecule has 0 fully saturated rings.